The number of nitrogens with two attached hydrogens (primary N) is 1. The summed E-state index contributed by atoms with van der Waals surface area (Å²) in [6.07, 6.45) is -2.26. The number of anilines is 1. The maximum Gasteiger partial charge on any atom is 0.419 e. The van der Waals surface area contributed by atoms with Crippen LogP contribution in [0.1, 0.15) is 23.9 Å². The highest BCUT2D eigenvalue weighted by atomic mass is 19.4. The Hall–Kier alpha value is -2.12. The number of halogens is 3. The highest BCUT2D eigenvalue weighted by Crippen LogP contribution is 2.29. The Bertz CT molecular complexity index is 603. The first-order valence-electron chi connectivity index (χ1n) is 5.58. The molecule has 0 unspecified atom stereocenters. The monoisotopic (exact) mass is 271 g/mol. The molecule has 0 radical (unpaired) electrons. The molecule has 102 valence electrons. The Kier molecular flexibility index (Phi) is 3.17. The highest BCUT2D eigenvalue weighted by molar-refractivity contribution is 5.48. The van der Waals surface area contributed by atoms with Crippen LogP contribution in [0.3, 0.4) is 0 Å². The van der Waals surface area contributed by atoms with Gasteiger partial charge in [0.1, 0.15) is 11.6 Å². The number of nitrogens with zero attached hydrogens (tertiary/aromatic N) is 4. The molecule has 0 spiro atoms. The predicted molar refractivity (Wildman–Crippen MR) is 62.7 cm³/mol. The van der Waals surface area contributed by atoms with Gasteiger partial charge in [-0.15, -0.1) is 0 Å². The van der Waals surface area contributed by atoms with Crippen molar-refractivity contribution in [3.63, 3.8) is 0 Å². The lowest BCUT2D eigenvalue weighted by Crippen LogP contribution is -2.09. The Balaban J connectivity index is 2.53. The average molecular weight is 271 g/mol. The molecule has 2 N–H and O–H groups in total. The summed E-state index contributed by atoms with van der Waals surface area (Å²) in [5.74, 6) is 0.966. The lowest BCUT2D eigenvalue weighted by atomic mass is 10.3. The molecule has 0 fully saturated rings. The zero-order valence-corrected chi connectivity index (χ0v) is 10.4. The van der Waals surface area contributed by atoms with Gasteiger partial charge in [-0.3, -0.25) is 0 Å². The molecule has 0 aromatic carbocycles. The first-order valence-corrected chi connectivity index (χ1v) is 5.58. The Labute approximate surface area is 107 Å². The molecule has 0 aliphatic rings. The minimum Gasteiger partial charge on any atom is -0.383 e. The number of alkyl halides is 3. The molecular weight excluding hydrogens is 259 g/mol. The standard InChI is InChI=1S/C11H12F3N5/c1-3-8-17-9(15)6(2)10(18-8)19-5-7(4-16-19)11(12,13)14/h4-5H,3H2,1-2H3,(H2,15,17,18). The fraction of sp³-hybridized carbons (Fsp3) is 0.364. The van der Waals surface area contributed by atoms with Gasteiger partial charge in [-0.2, -0.15) is 18.3 Å². The number of hydrogen-bond donors (Lipinski definition) is 1. The predicted octanol–water partition coefficient (Wildman–Crippen LogP) is 2.13. The van der Waals surface area contributed by atoms with Crippen LogP contribution in [0.5, 0.6) is 0 Å². The zero-order valence-electron chi connectivity index (χ0n) is 10.4. The van der Waals surface area contributed by atoms with E-state index in [1.165, 1.54) is 0 Å². The summed E-state index contributed by atoms with van der Waals surface area (Å²) in [5.41, 5.74) is 5.38. The SMILES string of the molecule is CCc1nc(N)c(C)c(-n2cc(C(F)(F)F)cn2)n1. The van der Waals surface area contributed by atoms with E-state index in [9.17, 15) is 13.2 Å². The van der Waals surface area contributed by atoms with Gasteiger partial charge in [-0.05, 0) is 6.92 Å². The number of nitrogen functional groups attached to an aromatic ring is 1. The van der Waals surface area contributed by atoms with Crippen molar-refractivity contribution < 1.29 is 13.2 Å². The summed E-state index contributed by atoms with van der Waals surface area (Å²) >= 11 is 0. The van der Waals surface area contributed by atoms with E-state index in [0.29, 0.717) is 17.8 Å². The van der Waals surface area contributed by atoms with Crippen LogP contribution < -0.4 is 5.73 Å². The van der Waals surface area contributed by atoms with Gasteiger partial charge in [0, 0.05) is 18.2 Å². The third kappa shape index (κ3) is 2.51. The molecule has 0 aliphatic carbocycles. The van der Waals surface area contributed by atoms with Crippen molar-refractivity contribution in [3.05, 3.63) is 29.3 Å². The molecule has 0 aliphatic heterocycles. The molecule has 2 aromatic rings. The van der Waals surface area contributed by atoms with Gasteiger partial charge < -0.3 is 5.73 Å². The molecule has 5 nitrogen and oxygen atoms in total. The molecule has 0 amide bonds. The van der Waals surface area contributed by atoms with Gasteiger partial charge in [0.15, 0.2) is 5.82 Å². The van der Waals surface area contributed by atoms with Crippen molar-refractivity contribution in [1.29, 1.82) is 0 Å². The second-order valence-corrected chi connectivity index (χ2v) is 4.00. The molecule has 19 heavy (non-hydrogen) atoms. The van der Waals surface area contributed by atoms with E-state index in [1.807, 2.05) is 6.92 Å². The van der Waals surface area contributed by atoms with Gasteiger partial charge in [0.25, 0.3) is 0 Å². The quantitative estimate of drug-likeness (QED) is 0.908. The van der Waals surface area contributed by atoms with E-state index in [4.69, 9.17) is 5.73 Å². The van der Waals surface area contributed by atoms with Gasteiger partial charge >= 0.3 is 6.18 Å². The summed E-state index contributed by atoms with van der Waals surface area (Å²) in [5, 5.41) is 3.68. The van der Waals surface area contributed by atoms with Gasteiger partial charge in [0.2, 0.25) is 0 Å². The van der Waals surface area contributed by atoms with E-state index >= 15 is 0 Å². The van der Waals surface area contributed by atoms with Crippen molar-refractivity contribution >= 4 is 5.82 Å². The van der Waals surface area contributed by atoms with Crippen molar-refractivity contribution in [1.82, 2.24) is 19.7 Å². The Morgan fingerprint density at radius 2 is 2.00 bits per heavy atom. The fourth-order valence-corrected chi connectivity index (χ4v) is 1.53. The number of rotatable bonds is 2. The molecule has 0 atom stereocenters. The lowest BCUT2D eigenvalue weighted by molar-refractivity contribution is -0.137. The molecule has 0 saturated carbocycles. The third-order valence-electron chi connectivity index (χ3n) is 2.65. The van der Waals surface area contributed by atoms with Gasteiger partial charge in [-0.25, -0.2) is 14.6 Å². The molecule has 8 heteroatoms. The van der Waals surface area contributed by atoms with Crippen LogP contribution in [0.25, 0.3) is 5.82 Å². The van der Waals surface area contributed by atoms with Gasteiger partial charge in [0.05, 0.1) is 11.8 Å². The van der Waals surface area contributed by atoms with Crippen molar-refractivity contribution in [2.45, 2.75) is 26.4 Å². The van der Waals surface area contributed by atoms with E-state index in [1.54, 1.807) is 6.92 Å². The molecule has 2 rings (SSSR count). The van der Waals surface area contributed by atoms with Crippen LogP contribution in [-0.4, -0.2) is 19.7 Å². The Morgan fingerprint density at radius 3 is 2.53 bits per heavy atom. The van der Waals surface area contributed by atoms with Crippen LogP contribution in [0.15, 0.2) is 12.4 Å². The number of aryl methyl sites for hydroxylation is 1. The van der Waals surface area contributed by atoms with Crippen molar-refractivity contribution in [2.24, 2.45) is 0 Å². The van der Waals surface area contributed by atoms with Crippen LogP contribution in [0.2, 0.25) is 0 Å². The van der Waals surface area contributed by atoms with Crippen LogP contribution >= 0.6 is 0 Å². The summed E-state index contributed by atoms with van der Waals surface area (Å²) in [4.78, 5) is 8.20. The number of aromatic nitrogens is 4. The summed E-state index contributed by atoms with van der Waals surface area (Å²) in [7, 11) is 0. The average Bonchev–Trinajstić information content (AvgIpc) is 2.81. The smallest absolute Gasteiger partial charge is 0.383 e. The molecule has 2 aromatic heterocycles. The Morgan fingerprint density at radius 1 is 1.32 bits per heavy atom. The second-order valence-electron chi connectivity index (χ2n) is 4.00. The van der Waals surface area contributed by atoms with Gasteiger partial charge in [-0.1, -0.05) is 6.92 Å². The normalized spacial score (nSPS) is 11.8. The maximum absolute atomic E-state index is 12.5. The first kappa shape index (κ1) is 13.3. The molecule has 0 bridgehead atoms. The van der Waals surface area contributed by atoms with Crippen molar-refractivity contribution in [3.8, 4) is 5.82 Å². The van der Waals surface area contributed by atoms with Crippen LogP contribution in [0, 0.1) is 6.92 Å². The fourth-order valence-electron chi connectivity index (χ4n) is 1.53. The summed E-state index contributed by atoms with van der Waals surface area (Å²) in [6.45, 7) is 3.47. The highest BCUT2D eigenvalue weighted by Gasteiger charge is 2.32. The minimum atomic E-state index is -4.43. The van der Waals surface area contributed by atoms with Crippen molar-refractivity contribution in [2.75, 3.05) is 5.73 Å². The largest absolute Gasteiger partial charge is 0.419 e. The van der Waals surface area contributed by atoms with E-state index < -0.39 is 11.7 Å². The molecule has 0 saturated heterocycles. The summed E-state index contributed by atoms with van der Waals surface area (Å²) in [6, 6.07) is 0. The molecular formula is C11H12F3N5. The van der Waals surface area contributed by atoms with E-state index in [-0.39, 0.29) is 11.6 Å². The second kappa shape index (κ2) is 4.52. The topological polar surface area (TPSA) is 69.6 Å². The summed E-state index contributed by atoms with van der Waals surface area (Å²) < 4.78 is 38.7. The third-order valence-corrected chi connectivity index (χ3v) is 2.65. The lowest BCUT2D eigenvalue weighted by Gasteiger charge is -2.09. The maximum atomic E-state index is 12.5. The number of hydrogen-bond acceptors (Lipinski definition) is 4. The van der Waals surface area contributed by atoms with Crippen LogP contribution in [0.4, 0.5) is 19.0 Å². The molecule has 2 heterocycles. The van der Waals surface area contributed by atoms with E-state index in [2.05, 4.69) is 15.1 Å². The zero-order chi connectivity index (χ0) is 14.2. The van der Waals surface area contributed by atoms with Crippen LogP contribution in [-0.2, 0) is 12.6 Å². The first-order chi connectivity index (χ1) is 8.82. The van der Waals surface area contributed by atoms with E-state index in [0.717, 1.165) is 17.1 Å². The minimum absolute atomic E-state index is 0.242.